The molecule has 0 fully saturated rings. The Hall–Kier alpha value is -1.22. The smallest absolute Gasteiger partial charge is 0.129 e. The summed E-state index contributed by atoms with van der Waals surface area (Å²) in [7, 11) is 0. The van der Waals surface area contributed by atoms with Gasteiger partial charge >= 0.3 is 0 Å². The van der Waals surface area contributed by atoms with Gasteiger partial charge in [-0.3, -0.25) is 0 Å². The molecule has 1 unspecified atom stereocenters. The maximum atomic E-state index is 13.9. The van der Waals surface area contributed by atoms with Crippen molar-refractivity contribution in [3.8, 4) is 0 Å². The van der Waals surface area contributed by atoms with E-state index in [9.17, 15) is 8.78 Å². The summed E-state index contributed by atoms with van der Waals surface area (Å²) in [4.78, 5) is -0.273. The fourth-order valence-electron chi connectivity index (χ4n) is 2.16. The molecule has 3 heteroatoms. The van der Waals surface area contributed by atoms with Gasteiger partial charge in [0, 0.05) is 5.56 Å². The zero-order valence-corrected chi connectivity index (χ0v) is 12.7. The average molecular weight is 325 g/mol. The molecule has 0 bridgehead atoms. The first kappa shape index (κ1) is 14.2. The van der Waals surface area contributed by atoms with Gasteiger partial charge in [-0.25, -0.2) is 8.78 Å². The molecule has 0 amide bonds. The molecule has 0 heterocycles. The highest BCUT2D eigenvalue weighted by molar-refractivity contribution is 9.09. The fraction of sp³-hybridized carbons (Fsp3) is 0.250. The van der Waals surface area contributed by atoms with Crippen molar-refractivity contribution in [2.75, 3.05) is 0 Å². The Bertz CT molecular complexity index is 597. The van der Waals surface area contributed by atoms with Crippen molar-refractivity contribution in [1.29, 1.82) is 0 Å². The summed E-state index contributed by atoms with van der Waals surface area (Å²) in [5.74, 6) is -0.458. The molecule has 0 saturated carbocycles. The van der Waals surface area contributed by atoms with Crippen LogP contribution in [0.25, 0.3) is 0 Å². The molecule has 0 aromatic heterocycles. The van der Waals surface area contributed by atoms with Crippen molar-refractivity contribution in [3.05, 3.63) is 69.8 Å². The Labute approximate surface area is 120 Å². The topological polar surface area (TPSA) is 0 Å². The molecule has 0 aliphatic heterocycles. The van der Waals surface area contributed by atoms with Crippen LogP contribution in [-0.4, -0.2) is 0 Å². The van der Waals surface area contributed by atoms with Crippen molar-refractivity contribution in [2.24, 2.45) is 0 Å². The normalized spacial score (nSPS) is 12.5. The van der Waals surface area contributed by atoms with Gasteiger partial charge in [0.15, 0.2) is 0 Å². The quantitative estimate of drug-likeness (QED) is 0.651. The Morgan fingerprint density at radius 2 is 1.53 bits per heavy atom. The van der Waals surface area contributed by atoms with Crippen LogP contribution in [0.5, 0.6) is 0 Å². The Balaban J connectivity index is 2.49. The third-order valence-corrected chi connectivity index (χ3v) is 4.20. The summed E-state index contributed by atoms with van der Waals surface area (Å²) in [5, 5.41) is 0. The zero-order valence-electron chi connectivity index (χ0n) is 11.1. The van der Waals surface area contributed by atoms with Gasteiger partial charge in [0.25, 0.3) is 0 Å². The van der Waals surface area contributed by atoms with Crippen LogP contribution in [0, 0.1) is 32.4 Å². The molecule has 2 rings (SSSR count). The Morgan fingerprint density at radius 3 is 2.11 bits per heavy atom. The predicted molar refractivity (Wildman–Crippen MR) is 77.8 cm³/mol. The van der Waals surface area contributed by atoms with Gasteiger partial charge in [-0.05, 0) is 43.5 Å². The van der Waals surface area contributed by atoms with Crippen molar-refractivity contribution in [2.45, 2.75) is 25.6 Å². The molecule has 100 valence electrons. The van der Waals surface area contributed by atoms with Crippen LogP contribution in [0.2, 0.25) is 0 Å². The first-order chi connectivity index (χ1) is 8.90. The summed E-state index contributed by atoms with van der Waals surface area (Å²) < 4.78 is 27.5. The van der Waals surface area contributed by atoms with E-state index < -0.39 is 0 Å². The van der Waals surface area contributed by atoms with Gasteiger partial charge in [0.2, 0.25) is 0 Å². The molecule has 1 atom stereocenters. The van der Waals surface area contributed by atoms with Gasteiger partial charge in [0.05, 0.1) is 4.83 Å². The minimum atomic E-state index is -0.273. The highest BCUT2D eigenvalue weighted by Crippen LogP contribution is 2.34. The highest BCUT2D eigenvalue weighted by Gasteiger charge is 2.17. The standard InChI is InChI=1S/C16H15BrF2/c1-9-4-5-14(18)13(6-9)15(17)12-7-10(2)16(19)11(3)8-12/h4-8,15H,1-3H3. The van der Waals surface area contributed by atoms with E-state index in [0.29, 0.717) is 16.7 Å². The first-order valence-corrected chi connectivity index (χ1v) is 6.98. The molecule has 0 N–H and O–H groups in total. The fourth-order valence-corrected chi connectivity index (χ4v) is 2.78. The molecule has 0 saturated heterocycles. The third-order valence-electron chi connectivity index (χ3n) is 3.18. The number of halogens is 3. The van der Waals surface area contributed by atoms with Crippen LogP contribution >= 0.6 is 15.9 Å². The molecule has 19 heavy (non-hydrogen) atoms. The number of hydrogen-bond donors (Lipinski definition) is 0. The molecular formula is C16H15BrF2. The van der Waals surface area contributed by atoms with Gasteiger partial charge in [-0.15, -0.1) is 0 Å². The van der Waals surface area contributed by atoms with Crippen LogP contribution < -0.4 is 0 Å². The monoisotopic (exact) mass is 324 g/mol. The van der Waals surface area contributed by atoms with Gasteiger partial charge < -0.3 is 0 Å². The minimum absolute atomic E-state index is 0.201. The zero-order chi connectivity index (χ0) is 14.2. The third kappa shape index (κ3) is 2.86. The molecule has 2 aromatic carbocycles. The van der Waals surface area contributed by atoms with Crippen molar-refractivity contribution in [1.82, 2.24) is 0 Å². The second-order valence-corrected chi connectivity index (χ2v) is 5.77. The molecule has 0 spiro atoms. The molecule has 0 aliphatic carbocycles. The minimum Gasteiger partial charge on any atom is -0.207 e. The van der Waals surface area contributed by atoms with Gasteiger partial charge in [-0.2, -0.15) is 0 Å². The van der Waals surface area contributed by atoms with Gasteiger partial charge in [0.1, 0.15) is 11.6 Å². The second kappa shape index (κ2) is 5.41. The number of benzene rings is 2. The average Bonchev–Trinajstić information content (AvgIpc) is 2.37. The summed E-state index contributed by atoms with van der Waals surface area (Å²) in [6.45, 7) is 5.36. The predicted octanol–water partition coefficient (Wildman–Crippen LogP) is 5.37. The largest absolute Gasteiger partial charge is 0.207 e. The summed E-state index contributed by atoms with van der Waals surface area (Å²) in [5.41, 5.74) is 3.59. The lowest BCUT2D eigenvalue weighted by atomic mass is 9.99. The maximum absolute atomic E-state index is 13.9. The second-order valence-electron chi connectivity index (χ2n) is 4.86. The lowest BCUT2D eigenvalue weighted by Crippen LogP contribution is -2.00. The highest BCUT2D eigenvalue weighted by atomic mass is 79.9. The first-order valence-electron chi connectivity index (χ1n) is 6.07. The van der Waals surface area contributed by atoms with E-state index in [1.807, 2.05) is 13.0 Å². The lowest BCUT2D eigenvalue weighted by Gasteiger charge is -2.15. The van der Waals surface area contributed by atoms with E-state index in [-0.39, 0.29) is 16.5 Å². The Morgan fingerprint density at radius 1 is 0.947 bits per heavy atom. The van der Waals surface area contributed by atoms with Crippen LogP contribution in [0.3, 0.4) is 0 Å². The van der Waals surface area contributed by atoms with E-state index in [0.717, 1.165) is 11.1 Å². The number of rotatable bonds is 2. The Kier molecular flexibility index (Phi) is 4.04. The van der Waals surface area contributed by atoms with Crippen molar-refractivity contribution < 1.29 is 8.78 Å². The molecule has 0 aliphatic rings. The van der Waals surface area contributed by atoms with E-state index in [1.165, 1.54) is 6.07 Å². The SMILES string of the molecule is Cc1ccc(F)c(C(Br)c2cc(C)c(F)c(C)c2)c1. The van der Waals surface area contributed by atoms with E-state index in [4.69, 9.17) is 0 Å². The van der Waals surface area contributed by atoms with Crippen LogP contribution in [-0.2, 0) is 0 Å². The van der Waals surface area contributed by atoms with Crippen LogP contribution in [0.1, 0.15) is 32.6 Å². The number of alkyl halides is 1. The van der Waals surface area contributed by atoms with Gasteiger partial charge in [-0.1, -0.05) is 45.8 Å². The summed E-state index contributed by atoms with van der Waals surface area (Å²) in [6, 6.07) is 8.51. The molecular weight excluding hydrogens is 310 g/mol. The molecule has 0 radical (unpaired) electrons. The maximum Gasteiger partial charge on any atom is 0.129 e. The summed E-state index contributed by atoms with van der Waals surface area (Å²) >= 11 is 3.51. The van der Waals surface area contributed by atoms with E-state index in [2.05, 4.69) is 15.9 Å². The molecule has 2 aromatic rings. The van der Waals surface area contributed by atoms with E-state index >= 15 is 0 Å². The number of aryl methyl sites for hydroxylation is 3. The van der Waals surface area contributed by atoms with Crippen molar-refractivity contribution in [3.63, 3.8) is 0 Å². The lowest BCUT2D eigenvalue weighted by molar-refractivity contribution is 0.606. The number of hydrogen-bond acceptors (Lipinski definition) is 0. The van der Waals surface area contributed by atoms with Crippen LogP contribution in [0.4, 0.5) is 8.78 Å². The van der Waals surface area contributed by atoms with Crippen molar-refractivity contribution >= 4 is 15.9 Å². The van der Waals surface area contributed by atoms with Crippen LogP contribution in [0.15, 0.2) is 30.3 Å². The molecule has 0 nitrogen and oxygen atoms in total. The van der Waals surface area contributed by atoms with E-state index in [1.54, 1.807) is 32.0 Å². The summed E-state index contributed by atoms with van der Waals surface area (Å²) in [6.07, 6.45) is 0.